The summed E-state index contributed by atoms with van der Waals surface area (Å²) in [5.74, 6) is -0.0783. The fraction of sp³-hybridized carbons (Fsp3) is 0.538. The molecule has 1 unspecified atom stereocenters. The van der Waals surface area contributed by atoms with Gasteiger partial charge >= 0.3 is 6.03 Å². The van der Waals surface area contributed by atoms with E-state index in [0.717, 1.165) is 19.3 Å². The normalized spacial score (nSPS) is 19.4. The van der Waals surface area contributed by atoms with Crippen molar-refractivity contribution in [3.05, 3.63) is 22.4 Å². The number of urea groups is 1. The van der Waals surface area contributed by atoms with E-state index in [1.807, 2.05) is 11.4 Å². The molecule has 0 saturated carbocycles. The minimum absolute atomic E-state index is 0.0783. The average Bonchev–Trinajstić information content (AvgIpc) is 2.82. The van der Waals surface area contributed by atoms with Crippen LogP contribution >= 0.6 is 11.3 Å². The molecule has 3 amide bonds. The van der Waals surface area contributed by atoms with E-state index in [-0.39, 0.29) is 11.9 Å². The summed E-state index contributed by atoms with van der Waals surface area (Å²) in [5.41, 5.74) is 1.22. The molecule has 2 heterocycles. The highest BCUT2D eigenvalue weighted by Crippen LogP contribution is 2.06. The molecular formula is C13H19N3O2S. The maximum Gasteiger partial charge on any atom is 0.315 e. The van der Waals surface area contributed by atoms with Crippen LogP contribution in [0, 0.1) is 0 Å². The van der Waals surface area contributed by atoms with Crippen LogP contribution in [-0.4, -0.2) is 31.1 Å². The van der Waals surface area contributed by atoms with Crippen LogP contribution in [0.3, 0.4) is 0 Å². The molecule has 0 aliphatic carbocycles. The van der Waals surface area contributed by atoms with Crippen molar-refractivity contribution in [2.45, 2.75) is 31.7 Å². The Balaban J connectivity index is 1.69. The fourth-order valence-electron chi connectivity index (χ4n) is 2.04. The average molecular weight is 281 g/mol. The smallest absolute Gasteiger partial charge is 0.315 e. The van der Waals surface area contributed by atoms with E-state index in [2.05, 4.69) is 21.3 Å². The molecular weight excluding hydrogens is 262 g/mol. The first-order valence-corrected chi connectivity index (χ1v) is 7.53. The van der Waals surface area contributed by atoms with Gasteiger partial charge in [-0.3, -0.25) is 4.79 Å². The molecule has 2 rings (SSSR count). The third-order valence-electron chi connectivity index (χ3n) is 3.12. The lowest BCUT2D eigenvalue weighted by atomic mass is 10.1. The van der Waals surface area contributed by atoms with Gasteiger partial charge in [0.2, 0.25) is 5.91 Å². The SMILES string of the molecule is O=C(NCCc1ccsc1)NC1CCCCNC1=O. The molecule has 3 N–H and O–H groups in total. The second kappa shape index (κ2) is 7.13. The number of rotatable bonds is 4. The Morgan fingerprint density at radius 1 is 1.47 bits per heavy atom. The first kappa shape index (κ1) is 13.9. The third-order valence-corrected chi connectivity index (χ3v) is 3.85. The summed E-state index contributed by atoms with van der Waals surface area (Å²) in [6.45, 7) is 1.29. The van der Waals surface area contributed by atoms with Gasteiger partial charge in [0, 0.05) is 13.1 Å². The van der Waals surface area contributed by atoms with Crippen molar-refractivity contribution in [3.63, 3.8) is 0 Å². The molecule has 1 fully saturated rings. The van der Waals surface area contributed by atoms with Crippen LogP contribution in [0.25, 0.3) is 0 Å². The highest BCUT2D eigenvalue weighted by Gasteiger charge is 2.21. The second-order valence-corrected chi connectivity index (χ2v) is 5.40. The topological polar surface area (TPSA) is 70.2 Å². The van der Waals surface area contributed by atoms with E-state index in [9.17, 15) is 9.59 Å². The van der Waals surface area contributed by atoms with E-state index in [4.69, 9.17) is 0 Å². The van der Waals surface area contributed by atoms with Crippen molar-refractivity contribution in [3.8, 4) is 0 Å². The highest BCUT2D eigenvalue weighted by atomic mass is 32.1. The predicted molar refractivity (Wildman–Crippen MR) is 75.2 cm³/mol. The Kier molecular flexibility index (Phi) is 5.20. The van der Waals surface area contributed by atoms with Gasteiger partial charge in [0.15, 0.2) is 0 Å². The monoisotopic (exact) mass is 281 g/mol. The highest BCUT2D eigenvalue weighted by molar-refractivity contribution is 7.07. The predicted octanol–water partition coefficient (Wildman–Crippen LogP) is 1.26. The van der Waals surface area contributed by atoms with Crippen molar-refractivity contribution in [2.75, 3.05) is 13.1 Å². The van der Waals surface area contributed by atoms with Gasteiger partial charge in [-0.25, -0.2) is 4.79 Å². The molecule has 1 atom stereocenters. The molecule has 0 spiro atoms. The number of carbonyl (C=O) groups excluding carboxylic acids is 2. The number of carbonyl (C=O) groups is 2. The zero-order chi connectivity index (χ0) is 13.5. The van der Waals surface area contributed by atoms with Crippen LogP contribution in [0.1, 0.15) is 24.8 Å². The van der Waals surface area contributed by atoms with Crippen LogP contribution in [0.15, 0.2) is 16.8 Å². The molecule has 1 aliphatic rings. The van der Waals surface area contributed by atoms with E-state index in [1.165, 1.54) is 5.56 Å². The van der Waals surface area contributed by atoms with Crippen LogP contribution < -0.4 is 16.0 Å². The molecule has 1 aromatic rings. The number of amides is 3. The number of thiophene rings is 1. The van der Waals surface area contributed by atoms with Crippen molar-refractivity contribution >= 4 is 23.3 Å². The standard InChI is InChI=1S/C13H19N3O2S/c17-12-11(3-1-2-6-14-12)16-13(18)15-7-4-10-5-8-19-9-10/h5,8-9,11H,1-4,6-7H2,(H,14,17)(H2,15,16,18). The largest absolute Gasteiger partial charge is 0.354 e. The molecule has 0 radical (unpaired) electrons. The maximum absolute atomic E-state index is 11.7. The molecule has 19 heavy (non-hydrogen) atoms. The lowest BCUT2D eigenvalue weighted by molar-refractivity contribution is -0.122. The van der Waals surface area contributed by atoms with E-state index < -0.39 is 6.04 Å². The van der Waals surface area contributed by atoms with Gasteiger partial charge in [-0.1, -0.05) is 0 Å². The quantitative estimate of drug-likeness (QED) is 0.777. The number of nitrogens with one attached hydrogen (secondary N) is 3. The van der Waals surface area contributed by atoms with Crippen LogP contribution in [0.5, 0.6) is 0 Å². The van der Waals surface area contributed by atoms with Gasteiger partial charge in [0.05, 0.1) is 0 Å². The van der Waals surface area contributed by atoms with Crippen molar-refractivity contribution in [1.29, 1.82) is 0 Å². The Hall–Kier alpha value is -1.56. The summed E-state index contributed by atoms with van der Waals surface area (Å²) >= 11 is 1.65. The molecule has 1 aromatic heterocycles. The summed E-state index contributed by atoms with van der Waals surface area (Å²) in [6.07, 6.45) is 3.46. The summed E-state index contributed by atoms with van der Waals surface area (Å²) in [6, 6.07) is 1.38. The van der Waals surface area contributed by atoms with E-state index in [0.29, 0.717) is 19.5 Å². The Bertz CT molecular complexity index is 420. The van der Waals surface area contributed by atoms with Gasteiger partial charge in [-0.15, -0.1) is 0 Å². The molecule has 1 saturated heterocycles. The minimum Gasteiger partial charge on any atom is -0.354 e. The van der Waals surface area contributed by atoms with Gasteiger partial charge in [-0.05, 0) is 48.1 Å². The van der Waals surface area contributed by atoms with Gasteiger partial charge in [-0.2, -0.15) is 11.3 Å². The molecule has 0 aromatic carbocycles. The number of hydrogen-bond donors (Lipinski definition) is 3. The first-order chi connectivity index (χ1) is 9.25. The van der Waals surface area contributed by atoms with Crippen LogP contribution in [0.2, 0.25) is 0 Å². The van der Waals surface area contributed by atoms with Gasteiger partial charge < -0.3 is 16.0 Å². The van der Waals surface area contributed by atoms with Crippen LogP contribution in [0.4, 0.5) is 4.79 Å². The molecule has 104 valence electrons. The Morgan fingerprint density at radius 2 is 2.37 bits per heavy atom. The van der Waals surface area contributed by atoms with Gasteiger partial charge in [0.25, 0.3) is 0 Å². The van der Waals surface area contributed by atoms with Gasteiger partial charge in [0.1, 0.15) is 6.04 Å². The molecule has 6 heteroatoms. The summed E-state index contributed by atoms with van der Waals surface area (Å²) < 4.78 is 0. The second-order valence-electron chi connectivity index (χ2n) is 4.62. The summed E-state index contributed by atoms with van der Waals surface area (Å²) in [7, 11) is 0. The number of hydrogen-bond acceptors (Lipinski definition) is 3. The summed E-state index contributed by atoms with van der Waals surface area (Å²) in [5, 5.41) is 12.4. The minimum atomic E-state index is -0.399. The molecule has 5 nitrogen and oxygen atoms in total. The zero-order valence-corrected chi connectivity index (χ0v) is 11.6. The van der Waals surface area contributed by atoms with Crippen molar-refractivity contribution in [1.82, 2.24) is 16.0 Å². The lowest BCUT2D eigenvalue weighted by Crippen LogP contribution is -2.49. The van der Waals surface area contributed by atoms with E-state index >= 15 is 0 Å². The summed E-state index contributed by atoms with van der Waals surface area (Å²) in [4.78, 5) is 23.4. The maximum atomic E-state index is 11.7. The third kappa shape index (κ3) is 4.55. The van der Waals surface area contributed by atoms with Crippen molar-refractivity contribution in [2.24, 2.45) is 0 Å². The first-order valence-electron chi connectivity index (χ1n) is 6.59. The molecule has 0 bridgehead atoms. The zero-order valence-electron chi connectivity index (χ0n) is 10.8. The fourth-order valence-corrected chi connectivity index (χ4v) is 2.74. The Morgan fingerprint density at radius 3 is 3.16 bits per heavy atom. The molecule has 1 aliphatic heterocycles. The van der Waals surface area contributed by atoms with Crippen LogP contribution in [-0.2, 0) is 11.2 Å². The van der Waals surface area contributed by atoms with Crippen molar-refractivity contribution < 1.29 is 9.59 Å². The Labute approximate surface area is 116 Å². The van der Waals surface area contributed by atoms with E-state index in [1.54, 1.807) is 11.3 Å². The lowest BCUT2D eigenvalue weighted by Gasteiger charge is -2.15.